The van der Waals surface area contributed by atoms with Crippen molar-refractivity contribution < 1.29 is 13.9 Å². The van der Waals surface area contributed by atoms with Gasteiger partial charge in [0.15, 0.2) is 5.82 Å². The third kappa shape index (κ3) is 2.95. The SMILES string of the molecule is COc1ccccc1C(=O)N1[C@H]2CC[C@@H]1c1cnc(-c3ccc(F)cc3)nc1C2. The van der Waals surface area contributed by atoms with E-state index in [1.807, 2.05) is 35.4 Å². The lowest BCUT2D eigenvalue weighted by Gasteiger charge is -2.36. The summed E-state index contributed by atoms with van der Waals surface area (Å²) in [5.41, 5.74) is 3.36. The number of amides is 1. The summed E-state index contributed by atoms with van der Waals surface area (Å²) in [6.45, 7) is 0. The fraction of sp³-hybridized carbons (Fsp3) is 0.261. The maximum atomic E-state index is 13.3. The van der Waals surface area contributed by atoms with Crippen molar-refractivity contribution in [3.63, 3.8) is 0 Å². The lowest BCUT2D eigenvalue weighted by Crippen LogP contribution is -2.42. The topological polar surface area (TPSA) is 55.3 Å². The number of para-hydroxylation sites is 1. The van der Waals surface area contributed by atoms with E-state index in [2.05, 4.69) is 4.98 Å². The zero-order valence-corrected chi connectivity index (χ0v) is 16.0. The standard InChI is InChI=1S/C23H20FN3O2/c1-29-21-5-3-2-4-17(21)23(28)27-16-10-11-20(27)18-13-25-22(26-19(18)12-16)14-6-8-15(24)9-7-14/h2-9,13,16,20H,10-12H2,1H3/t16-,20+/m0/s1. The number of carbonyl (C=O) groups is 1. The summed E-state index contributed by atoms with van der Waals surface area (Å²) in [5, 5.41) is 0. The Kier molecular flexibility index (Phi) is 4.27. The molecule has 146 valence electrons. The fourth-order valence-electron chi connectivity index (χ4n) is 4.49. The third-order valence-electron chi connectivity index (χ3n) is 5.86. The Morgan fingerprint density at radius 1 is 1.14 bits per heavy atom. The highest BCUT2D eigenvalue weighted by molar-refractivity contribution is 5.97. The van der Waals surface area contributed by atoms with Crippen LogP contribution in [0.4, 0.5) is 4.39 Å². The number of fused-ring (bicyclic) bond motifs is 4. The second-order valence-electron chi connectivity index (χ2n) is 7.47. The first kappa shape index (κ1) is 17.8. The van der Waals surface area contributed by atoms with Crippen LogP contribution in [-0.2, 0) is 6.42 Å². The summed E-state index contributed by atoms with van der Waals surface area (Å²) in [6.07, 6.45) is 4.37. The van der Waals surface area contributed by atoms with E-state index in [0.717, 1.165) is 29.7 Å². The van der Waals surface area contributed by atoms with Gasteiger partial charge in [-0.3, -0.25) is 4.79 Å². The minimum Gasteiger partial charge on any atom is -0.496 e. The van der Waals surface area contributed by atoms with Gasteiger partial charge in [-0.25, -0.2) is 14.4 Å². The molecule has 0 radical (unpaired) electrons. The van der Waals surface area contributed by atoms with Gasteiger partial charge in [-0.05, 0) is 49.2 Å². The van der Waals surface area contributed by atoms with Crippen LogP contribution in [0.5, 0.6) is 5.75 Å². The molecule has 2 bridgehead atoms. The first-order valence-electron chi connectivity index (χ1n) is 9.73. The molecule has 1 amide bonds. The number of aromatic nitrogens is 2. The van der Waals surface area contributed by atoms with Crippen molar-refractivity contribution in [3.8, 4) is 17.1 Å². The van der Waals surface area contributed by atoms with E-state index >= 15 is 0 Å². The third-order valence-corrected chi connectivity index (χ3v) is 5.86. The van der Waals surface area contributed by atoms with Gasteiger partial charge in [-0.2, -0.15) is 0 Å². The number of nitrogens with zero attached hydrogens (tertiary/aromatic N) is 3. The van der Waals surface area contributed by atoms with Gasteiger partial charge in [-0.15, -0.1) is 0 Å². The second kappa shape index (κ2) is 6.95. The highest BCUT2D eigenvalue weighted by atomic mass is 19.1. The van der Waals surface area contributed by atoms with Crippen molar-refractivity contribution in [2.45, 2.75) is 31.3 Å². The molecule has 0 N–H and O–H groups in total. The molecule has 5 nitrogen and oxygen atoms in total. The number of hydrogen-bond acceptors (Lipinski definition) is 4. The van der Waals surface area contributed by atoms with Gasteiger partial charge in [0.25, 0.3) is 5.91 Å². The molecule has 1 fully saturated rings. The molecule has 2 aliphatic rings. The normalized spacial score (nSPS) is 19.7. The molecule has 0 spiro atoms. The van der Waals surface area contributed by atoms with Crippen molar-refractivity contribution in [2.75, 3.05) is 7.11 Å². The molecule has 2 aromatic carbocycles. The predicted molar refractivity (Wildman–Crippen MR) is 106 cm³/mol. The number of ether oxygens (including phenoxy) is 1. The number of hydrogen-bond donors (Lipinski definition) is 0. The van der Waals surface area contributed by atoms with Gasteiger partial charge >= 0.3 is 0 Å². The molecule has 29 heavy (non-hydrogen) atoms. The summed E-state index contributed by atoms with van der Waals surface area (Å²) in [5.74, 6) is 0.886. The number of halogens is 1. The molecule has 1 saturated heterocycles. The van der Waals surface area contributed by atoms with Crippen LogP contribution < -0.4 is 4.74 Å². The van der Waals surface area contributed by atoms with E-state index in [4.69, 9.17) is 9.72 Å². The van der Waals surface area contributed by atoms with Crippen LogP contribution in [0.15, 0.2) is 54.7 Å². The maximum Gasteiger partial charge on any atom is 0.258 e. The summed E-state index contributed by atoms with van der Waals surface area (Å²) in [7, 11) is 1.58. The molecule has 2 aliphatic heterocycles. The summed E-state index contributed by atoms with van der Waals surface area (Å²) >= 11 is 0. The largest absolute Gasteiger partial charge is 0.496 e. The van der Waals surface area contributed by atoms with Crippen LogP contribution in [-0.4, -0.2) is 33.9 Å². The zero-order chi connectivity index (χ0) is 20.0. The Morgan fingerprint density at radius 2 is 1.93 bits per heavy atom. The second-order valence-corrected chi connectivity index (χ2v) is 7.47. The Hall–Kier alpha value is -3.28. The van der Waals surface area contributed by atoms with Crippen LogP contribution in [0.3, 0.4) is 0 Å². The van der Waals surface area contributed by atoms with E-state index < -0.39 is 0 Å². The molecule has 0 saturated carbocycles. The molecule has 3 heterocycles. The molecule has 2 atom stereocenters. The van der Waals surface area contributed by atoms with Crippen molar-refractivity contribution >= 4 is 5.91 Å². The van der Waals surface area contributed by atoms with Gasteiger partial charge in [0.05, 0.1) is 24.4 Å². The Bertz CT molecular complexity index is 1080. The fourth-order valence-corrected chi connectivity index (χ4v) is 4.49. The quantitative estimate of drug-likeness (QED) is 0.674. The summed E-state index contributed by atoms with van der Waals surface area (Å²) in [6, 6.07) is 13.6. The van der Waals surface area contributed by atoms with Gasteiger partial charge in [0.1, 0.15) is 11.6 Å². The smallest absolute Gasteiger partial charge is 0.258 e. The van der Waals surface area contributed by atoms with Crippen molar-refractivity contribution in [2.24, 2.45) is 0 Å². The van der Waals surface area contributed by atoms with Crippen LogP contribution in [0.25, 0.3) is 11.4 Å². The van der Waals surface area contributed by atoms with Crippen molar-refractivity contribution in [3.05, 3.63) is 77.4 Å². The first-order valence-corrected chi connectivity index (χ1v) is 9.73. The van der Waals surface area contributed by atoms with E-state index in [1.165, 1.54) is 12.1 Å². The van der Waals surface area contributed by atoms with Crippen LogP contribution in [0.1, 0.15) is 40.5 Å². The molecule has 0 aliphatic carbocycles. The van der Waals surface area contributed by atoms with Gasteiger partial charge in [0, 0.05) is 29.8 Å². The number of carbonyl (C=O) groups excluding carboxylic acids is 1. The van der Waals surface area contributed by atoms with E-state index in [0.29, 0.717) is 23.6 Å². The molecular weight excluding hydrogens is 369 g/mol. The van der Waals surface area contributed by atoms with E-state index in [-0.39, 0.29) is 23.8 Å². The predicted octanol–water partition coefficient (Wildman–Crippen LogP) is 4.19. The number of rotatable bonds is 3. The Balaban J connectivity index is 1.49. The monoisotopic (exact) mass is 389 g/mol. The van der Waals surface area contributed by atoms with Gasteiger partial charge < -0.3 is 9.64 Å². The molecule has 0 unspecified atom stereocenters. The Morgan fingerprint density at radius 3 is 2.72 bits per heavy atom. The van der Waals surface area contributed by atoms with Crippen LogP contribution in [0, 0.1) is 5.82 Å². The van der Waals surface area contributed by atoms with Crippen molar-refractivity contribution in [1.82, 2.24) is 14.9 Å². The minimum atomic E-state index is -0.282. The van der Waals surface area contributed by atoms with Gasteiger partial charge in [-0.1, -0.05) is 12.1 Å². The summed E-state index contributed by atoms with van der Waals surface area (Å²) in [4.78, 5) is 24.6. The lowest BCUT2D eigenvalue weighted by atomic mass is 9.97. The van der Waals surface area contributed by atoms with Crippen LogP contribution in [0.2, 0.25) is 0 Å². The Labute approximate surface area is 168 Å². The van der Waals surface area contributed by atoms with Crippen LogP contribution >= 0.6 is 0 Å². The average molecular weight is 389 g/mol. The number of benzene rings is 2. The zero-order valence-electron chi connectivity index (χ0n) is 16.0. The molecule has 1 aromatic heterocycles. The highest BCUT2D eigenvalue weighted by Crippen LogP contribution is 2.44. The molecule has 6 heteroatoms. The average Bonchev–Trinajstić information content (AvgIpc) is 3.08. The van der Waals surface area contributed by atoms with E-state index in [9.17, 15) is 9.18 Å². The molecule has 5 rings (SSSR count). The lowest BCUT2D eigenvalue weighted by molar-refractivity contribution is 0.0640. The summed E-state index contributed by atoms with van der Waals surface area (Å²) < 4.78 is 18.6. The highest BCUT2D eigenvalue weighted by Gasteiger charge is 2.44. The maximum absolute atomic E-state index is 13.3. The minimum absolute atomic E-state index is 0.0109. The van der Waals surface area contributed by atoms with Gasteiger partial charge in [0.2, 0.25) is 0 Å². The van der Waals surface area contributed by atoms with Crippen molar-refractivity contribution in [1.29, 1.82) is 0 Å². The number of methoxy groups -OCH3 is 1. The molecular formula is C23H20FN3O2. The first-order chi connectivity index (χ1) is 14.2. The van der Waals surface area contributed by atoms with E-state index in [1.54, 1.807) is 19.2 Å². The molecule has 3 aromatic rings.